The fourth-order valence-corrected chi connectivity index (χ4v) is 1.62. The smallest absolute Gasteiger partial charge is 0.250 e. The summed E-state index contributed by atoms with van der Waals surface area (Å²) in [6.45, 7) is 0. The van der Waals surface area contributed by atoms with Crippen LogP contribution in [0.4, 0.5) is 11.4 Å². The highest BCUT2D eigenvalue weighted by Gasteiger charge is 2.06. The van der Waals surface area contributed by atoms with E-state index in [1.807, 2.05) is 24.3 Å². The zero-order valence-electron chi connectivity index (χ0n) is 10.7. The number of hydrogen-bond donors (Lipinski definition) is 1. The largest absolute Gasteiger partial charge is 0.399 e. The summed E-state index contributed by atoms with van der Waals surface area (Å²) in [4.78, 5) is 17.5. The molecule has 4 heteroatoms. The van der Waals surface area contributed by atoms with E-state index in [1.165, 1.54) is 11.0 Å². The molecule has 0 bridgehead atoms. The first-order valence-corrected chi connectivity index (χ1v) is 5.88. The van der Waals surface area contributed by atoms with E-state index in [0.29, 0.717) is 5.69 Å². The van der Waals surface area contributed by atoms with E-state index in [-0.39, 0.29) is 5.91 Å². The highest BCUT2D eigenvalue weighted by atomic mass is 16.2. The molecule has 0 fully saturated rings. The molecular formula is C15H15N3O. The molecule has 1 aromatic carbocycles. The summed E-state index contributed by atoms with van der Waals surface area (Å²) in [6.07, 6.45) is 6.57. The molecule has 0 aliphatic heterocycles. The van der Waals surface area contributed by atoms with Crippen LogP contribution in [0.15, 0.2) is 54.9 Å². The standard InChI is InChI=1S/C15H15N3O/c1-18(14-6-3-9-17-11-14)15(19)8-7-12-4-2-5-13(16)10-12/h2-11H,16H2,1H3/b8-7+. The third-order valence-corrected chi connectivity index (χ3v) is 2.69. The van der Waals surface area contributed by atoms with E-state index in [1.54, 1.807) is 37.7 Å². The van der Waals surface area contributed by atoms with Gasteiger partial charge in [-0.1, -0.05) is 12.1 Å². The van der Waals surface area contributed by atoms with Crippen LogP contribution in [-0.4, -0.2) is 17.9 Å². The summed E-state index contributed by atoms with van der Waals surface area (Å²) in [7, 11) is 1.71. The SMILES string of the molecule is CN(C(=O)/C=C/c1cccc(N)c1)c1cccnc1. The van der Waals surface area contributed by atoms with E-state index < -0.39 is 0 Å². The van der Waals surface area contributed by atoms with Crippen molar-refractivity contribution in [3.05, 3.63) is 60.4 Å². The molecule has 0 atom stereocenters. The van der Waals surface area contributed by atoms with Gasteiger partial charge in [0.2, 0.25) is 0 Å². The van der Waals surface area contributed by atoms with Gasteiger partial charge in [0.05, 0.1) is 11.9 Å². The van der Waals surface area contributed by atoms with Crippen LogP contribution in [0, 0.1) is 0 Å². The van der Waals surface area contributed by atoms with Crippen molar-refractivity contribution in [2.75, 3.05) is 17.7 Å². The van der Waals surface area contributed by atoms with Crippen molar-refractivity contribution >= 4 is 23.4 Å². The molecule has 19 heavy (non-hydrogen) atoms. The first-order chi connectivity index (χ1) is 9.16. The zero-order chi connectivity index (χ0) is 13.7. The van der Waals surface area contributed by atoms with E-state index in [9.17, 15) is 4.79 Å². The maximum absolute atomic E-state index is 12.0. The number of likely N-dealkylation sites (N-methyl/N-ethyl adjacent to an activating group) is 1. The van der Waals surface area contributed by atoms with Crippen LogP contribution in [-0.2, 0) is 4.79 Å². The molecule has 0 spiro atoms. The topological polar surface area (TPSA) is 59.2 Å². The number of rotatable bonds is 3. The van der Waals surface area contributed by atoms with Crippen LogP contribution in [0.25, 0.3) is 6.08 Å². The van der Waals surface area contributed by atoms with Crippen LogP contribution < -0.4 is 10.6 Å². The van der Waals surface area contributed by atoms with Crippen LogP contribution in [0.2, 0.25) is 0 Å². The number of nitrogens with zero attached hydrogens (tertiary/aromatic N) is 2. The van der Waals surface area contributed by atoms with Crippen molar-refractivity contribution in [3.8, 4) is 0 Å². The van der Waals surface area contributed by atoms with Crippen molar-refractivity contribution in [2.24, 2.45) is 0 Å². The molecule has 1 heterocycles. The average Bonchev–Trinajstić information content (AvgIpc) is 2.45. The lowest BCUT2D eigenvalue weighted by Crippen LogP contribution is -2.23. The number of pyridine rings is 1. The number of carbonyl (C=O) groups is 1. The third kappa shape index (κ3) is 3.42. The van der Waals surface area contributed by atoms with Crippen molar-refractivity contribution in [2.45, 2.75) is 0 Å². The molecule has 2 rings (SSSR count). The van der Waals surface area contributed by atoms with Gasteiger partial charge in [0.1, 0.15) is 0 Å². The molecule has 0 saturated carbocycles. The number of anilines is 2. The fraction of sp³-hybridized carbons (Fsp3) is 0.0667. The first-order valence-electron chi connectivity index (χ1n) is 5.88. The van der Waals surface area contributed by atoms with E-state index in [2.05, 4.69) is 4.98 Å². The molecule has 1 aromatic heterocycles. The second-order valence-corrected chi connectivity index (χ2v) is 4.11. The van der Waals surface area contributed by atoms with Crippen LogP contribution in [0.3, 0.4) is 0 Å². The van der Waals surface area contributed by atoms with Gasteiger partial charge < -0.3 is 10.6 Å². The third-order valence-electron chi connectivity index (χ3n) is 2.69. The number of carbonyl (C=O) groups excluding carboxylic acids is 1. The molecule has 2 N–H and O–H groups in total. The van der Waals surface area contributed by atoms with E-state index >= 15 is 0 Å². The molecule has 2 aromatic rings. The number of nitrogens with two attached hydrogens (primary N) is 1. The molecule has 0 radical (unpaired) electrons. The highest BCUT2D eigenvalue weighted by Crippen LogP contribution is 2.11. The first kappa shape index (κ1) is 12.8. The lowest BCUT2D eigenvalue weighted by atomic mass is 10.2. The van der Waals surface area contributed by atoms with Crippen molar-refractivity contribution < 1.29 is 4.79 Å². The van der Waals surface area contributed by atoms with Gasteiger partial charge in [-0.05, 0) is 35.9 Å². The van der Waals surface area contributed by atoms with Crippen LogP contribution >= 0.6 is 0 Å². The lowest BCUT2D eigenvalue weighted by Gasteiger charge is -2.14. The summed E-state index contributed by atoms with van der Waals surface area (Å²) in [5.41, 5.74) is 8.01. The Hall–Kier alpha value is -2.62. The van der Waals surface area contributed by atoms with Gasteiger partial charge in [-0.15, -0.1) is 0 Å². The Balaban J connectivity index is 2.09. The number of amides is 1. The van der Waals surface area contributed by atoms with Gasteiger partial charge in [-0.25, -0.2) is 0 Å². The lowest BCUT2D eigenvalue weighted by molar-refractivity contribution is -0.113. The van der Waals surface area contributed by atoms with Crippen LogP contribution in [0.1, 0.15) is 5.56 Å². The van der Waals surface area contributed by atoms with Gasteiger partial charge in [-0.3, -0.25) is 9.78 Å². The van der Waals surface area contributed by atoms with Gasteiger partial charge in [0.25, 0.3) is 5.91 Å². The van der Waals surface area contributed by atoms with Crippen molar-refractivity contribution in [1.29, 1.82) is 0 Å². The number of benzene rings is 1. The minimum atomic E-state index is -0.115. The van der Waals surface area contributed by atoms with E-state index in [0.717, 1.165) is 11.3 Å². The Bertz CT molecular complexity index is 593. The summed E-state index contributed by atoms with van der Waals surface area (Å²) in [5.74, 6) is -0.115. The Morgan fingerprint density at radius 2 is 2.16 bits per heavy atom. The predicted molar refractivity (Wildman–Crippen MR) is 77.5 cm³/mol. The molecule has 1 amide bonds. The molecule has 4 nitrogen and oxygen atoms in total. The van der Waals surface area contributed by atoms with Gasteiger partial charge in [0.15, 0.2) is 0 Å². The molecule has 0 aliphatic carbocycles. The number of nitrogen functional groups attached to an aromatic ring is 1. The molecular weight excluding hydrogens is 238 g/mol. The van der Waals surface area contributed by atoms with Crippen molar-refractivity contribution in [1.82, 2.24) is 4.98 Å². The summed E-state index contributed by atoms with van der Waals surface area (Å²) >= 11 is 0. The minimum Gasteiger partial charge on any atom is -0.399 e. The van der Waals surface area contributed by atoms with Gasteiger partial charge in [-0.2, -0.15) is 0 Å². The Morgan fingerprint density at radius 3 is 2.84 bits per heavy atom. The molecule has 0 unspecified atom stereocenters. The summed E-state index contributed by atoms with van der Waals surface area (Å²) in [5, 5.41) is 0. The fourth-order valence-electron chi connectivity index (χ4n) is 1.62. The van der Waals surface area contributed by atoms with Crippen molar-refractivity contribution in [3.63, 3.8) is 0 Å². The van der Waals surface area contributed by atoms with E-state index in [4.69, 9.17) is 5.73 Å². The zero-order valence-corrected chi connectivity index (χ0v) is 10.7. The highest BCUT2D eigenvalue weighted by molar-refractivity contribution is 6.03. The Morgan fingerprint density at radius 1 is 1.32 bits per heavy atom. The monoisotopic (exact) mass is 253 g/mol. The Kier molecular flexibility index (Phi) is 3.93. The van der Waals surface area contributed by atoms with Crippen LogP contribution in [0.5, 0.6) is 0 Å². The number of hydrogen-bond acceptors (Lipinski definition) is 3. The van der Waals surface area contributed by atoms with Gasteiger partial charge in [0, 0.05) is 25.0 Å². The molecule has 0 saturated heterocycles. The maximum Gasteiger partial charge on any atom is 0.250 e. The predicted octanol–water partition coefficient (Wildman–Crippen LogP) is 2.34. The minimum absolute atomic E-state index is 0.115. The normalized spacial score (nSPS) is 10.6. The molecule has 0 aliphatic rings. The average molecular weight is 253 g/mol. The summed E-state index contributed by atoms with van der Waals surface area (Å²) < 4.78 is 0. The molecule has 96 valence electrons. The quantitative estimate of drug-likeness (QED) is 0.674. The second kappa shape index (κ2) is 5.82. The number of aromatic nitrogens is 1. The second-order valence-electron chi connectivity index (χ2n) is 4.11. The Labute approximate surface area is 112 Å². The maximum atomic E-state index is 12.0. The van der Waals surface area contributed by atoms with Gasteiger partial charge >= 0.3 is 0 Å². The summed E-state index contributed by atoms with van der Waals surface area (Å²) in [6, 6.07) is 11.0.